The molecule has 1 fully saturated rings. The number of ketones is 1. The van der Waals surface area contributed by atoms with Gasteiger partial charge < -0.3 is 4.74 Å². The molecule has 1 aromatic rings. The maximum absolute atomic E-state index is 13.2. The van der Waals surface area contributed by atoms with Crippen LogP contribution in [0, 0.1) is 5.92 Å². The van der Waals surface area contributed by atoms with Crippen molar-refractivity contribution in [2.75, 3.05) is 13.7 Å². The van der Waals surface area contributed by atoms with Gasteiger partial charge in [0.25, 0.3) is 0 Å². The van der Waals surface area contributed by atoms with Crippen LogP contribution < -0.4 is 0 Å². The summed E-state index contributed by atoms with van der Waals surface area (Å²) in [7, 11) is 1.57. The Kier molecular flexibility index (Phi) is 4.90. The van der Waals surface area contributed by atoms with E-state index in [4.69, 9.17) is 4.74 Å². The molecular weight excluding hydrogens is 334 g/mol. The Balaban J connectivity index is 2.11. The summed E-state index contributed by atoms with van der Waals surface area (Å²) in [5, 5.41) is 4.12. The van der Waals surface area contributed by atoms with Crippen LogP contribution in [0.2, 0.25) is 0 Å². The van der Waals surface area contributed by atoms with E-state index in [1.807, 2.05) is 0 Å². The third-order valence-corrected chi connectivity index (χ3v) is 4.20. The third kappa shape index (κ3) is 3.44. The fourth-order valence-electron chi connectivity index (χ4n) is 2.45. The molecule has 4 nitrogen and oxygen atoms in total. The molecule has 1 aliphatic rings. The molecule has 0 radical (unpaired) electrons. The Bertz CT molecular complexity index is 481. The molecule has 0 aliphatic heterocycles. The fourth-order valence-corrected chi connectivity index (χ4v) is 2.94. The topological polar surface area (TPSA) is 44.1 Å². The first-order valence-electron chi connectivity index (χ1n) is 6.57. The number of Topliss-reactive ketones (excluding diaryl/α,β-unsaturated/α-hetero) is 1. The smallest absolute Gasteiger partial charge is 0.248 e. The number of halogens is 3. The van der Waals surface area contributed by atoms with E-state index in [1.54, 1.807) is 18.0 Å². The highest BCUT2D eigenvalue weighted by Crippen LogP contribution is 2.38. The van der Waals surface area contributed by atoms with Gasteiger partial charge in [-0.3, -0.25) is 9.48 Å². The van der Waals surface area contributed by atoms with Crippen molar-refractivity contribution in [2.45, 2.75) is 38.2 Å². The second kappa shape index (κ2) is 6.30. The lowest BCUT2D eigenvalue weighted by molar-refractivity contribution is -0.0425. The summed E-state index contributed by atoms with van der Waals surface area (Å²) < 4.78 is 33.5. The normalized spacial score (nSPS) is 19.2. The Hall–Kier alpha value is -0.820. The van der Waals surface area contributed by atoms with Gasteiger partial charge in [-0.25, -0.2) is 8.78 Å². The molecule has 2 rings (SSSR count). The molecule has 1 saturated carbocycles. The summed E-state index contributed by atoms with van der Waals surface area (Å²) in [6.45, 7) is 0.906. The summed E-state index contributed by atoms with van der Waals surface area (Å²) in [5.74, 6) is -3.07. The van der Waals surface area contributed by atoms with Crippen LogP contribution in [0.1, 0.15) is 36.2 Å². The Morgan fingerprint density at radius 1 is 1.55 bits per heavy atom. The van der Waals surface area contributed by atoms with E-state index < -0.39 is 5.92 Å². The highest BCUT2D eigenvalue weighted by atomic mass is 79.9. The quantitative estimate of drug-likeness (QED) is 0.765. The summed E-state index contributed by atoms with van der Waals surface area (Å²) in [6.07, 6.45) is 1.59. The number of carbonyl (C=O) groups excluding carboxylic acids is 1. The van der Waals surface area contributed by atoms with Crippen molar-refractivity contribution < 1.29 is 18.3 Å². The fraction of sp³-hybridized carbons (Fsp3) is 0.692. The van der Waals surface area contributed by atoms with Gasteiger partial charge in [0.1, 0.15) is 5.69 Å². The predicted molar refractivity (Wildman–Crippen MR) is 73.0 cm³/mol. The number of hydrogen-bond acceptors (Lipinski definition) is 3. The highest BCUT2D eigenvalue weighted by Gasteiger charge is 2.38. The molecule has 1 aromatic heterocycles. The van der Waals surface area contributed by atoms with Crippen LogP contribution in [-0.4, -0.2) is 35.2 Å². The van der Waals surface area contributed by atoms with Gasteiger partial charge >= 0.3 is 0 Å². The van der Waals surface area contributed by atoms with E-state index in [0.717, 1.165) is 0 Å². The summed E-state index contributed by atoms with van der Waals surface area (Å²) in [5.41, 5.74) is 0.456. The van der Waals surface area contributed by atoms with E-state index >= 15 is 0 Å². The number of methoxy groups -OCH3 is 1. The van der Waals surface area contributed by atoms with Gasteiger partial charge in [0.2, 0.25) is 5.92 Å². The number of alkyl halides is 2. The van der Waals surface area contributed by atoms with Gasteiger partial charge in [-0.1, -0.05) is 0 Å². The SMILES string of the molecule is COCCn1ncc(Br)c1C(=O)C1CCC(F)(F)CC1. The molecule has 1 aliphatic carbocycles. The largest absolute Gasteiger partial charge is 0.383 e. The number of carbonyl (C=O) groups is 1. The standard InChI is InChI=1S/C13H17BrF2N2O2/c1-20-7-6-18-11(10(14)8-17-18)12(19)9-2-4-13(15,16)5-3-9/h8-9H,2-7H2,1H3. The average molecular weight is 351 g/mol. The number of rotatable bonds is 5. The van der Waals surface area contributed by atoms with Gasteiger partial charge in [-0.2, -0.15) is 5.10 Å². The Morgan fingerprint density at radius 2 is 2.20 bits per heavy atom. The molecule has 0 amide bonds. The van der Waals surface area contributed by atoms with Gasteiger partial charge in [0.05, 0.1) is 23.8 Å². The van der Waals surface area contributed by atoms with Crippen molar-refractivity contribution in [3.05, 3.63) is 16.4 Å². The Morgan fingerprint density at radius 3 is 2.80 bits per heavy atom. The molecule has 7 heteroatoms. The predicted octanol–water partition coefficient (Wildman–Crippen LogP) is 3.30. The number of hydrogen-bond donors (Lipinski definition) is 0. The second-order valence-electron chi connectivity index (χ2n) is 5.05. The van der Waals surface area contributed by atoms with Crippen LogP contribution >= 0.6 is 15.9 Å². The van der Waals surface area contributed by atoms with Crippen LogP contribution in [0.4, 0.5) is 8.78 Å². The van der Waals surface area contributed by atoms with Crippen molar-refractivity contribution in [1.82, 2.24) is 9.78 Å². The first kappa shape index (κ1) is 15.6. The van der Waals surface area contributed by atoms with Gasteiger partial charge in [-0.05, 0) is 28.8 Å². The molecule has 0 saturated heterocycles. The lowest BCUT2D eigenvalue weighted by atomic mass is 9.83. The lowest BCUT2D eigenvalue weighted by Gasteiger charge is -2.27. The minimum absolute atomic E-state index is 0.110. The second-order valence-corrected chi connectivity index (χ2v) is 5.91. The molecule has 0 bridgehead atoms. The average Bonchev–Trinajstić information content (AvgIpc) is 2.76. The van der Waals surface area contributed by atoms with Crippen LogP contribution in [0.3, 0.4) is 0 Å². The van der Waals surface area contributed by atoms with Gasteiger partial charge in [-0.15, -0.1) is 0 Å². The maximum atomic E-state index is 13.2. The van der Waals surface area contributed by atoms with Crippen LogP contribution in [0.5, 0.6) is 0 Å². The summed E-state index contributed by atoms with van der Waals surface area (Å²) >= 11 is 3.31. The zero-order valence-corrected chi connectivity index (χ0v) is 12.8. The van der Waals surface area contributed by atoms with Crippen LogP contribution in [0.25, 0.3) is 0 Å². The van der Waals surface area contributed by atoms with Crippen molar-refractivity contribution in [3.63, 3.8) is 0 Å². The molecule has 0 N–H and O–H groups in total. The molecule has 1 heterocycles. The zero-order valence-electron chi connectivity index (χ0n) is 11.2. The van der Waals surface area contributed by atoms with E-state index in [2.05, 4.69) is 21.0 Å². The van der Waals surface area contributed by atoms with Gasteiger partial charge in [0, 0.05) is 25.9 Å². The molecule has 0 atom stereocenters. The van der Waals surface area contributed by atoms with Gasteiger partial charge in [0.15, 0.2) is 5.78 Å². The third-order valence-electron chi connectivity index (χ3n) is 3.62. The van der Waals surface area contributed by atoms with Crippen LogP contribution in [-0.2, 0) is 11.3 Å². The van der Waals surface area contributed by atoms with Crippen molar-refractivity contribution in [3.8, 4) is 0 Å². The molecule has 0 spiro atoms. The number of ether oxygens (including phenoxy) is 1. The van der Waals surface area contributed by atoms with E-state index in [-0.39, 0.29) is 37.4 Å². The highest BCUT2D eigenvalue weighted by molar-refractivity contribution is 9.10. The first-order chi connectivity index (χ1) is 9.44. The lowest BCUT2D eigenvalue weighted by Crippen LogP contribution is -2.30. The molecule has 0 unspecified atom stereocenters. The molecule has 20 heavy (non-hydrogen) atoms. The first-order valence-corrected chi connectivity index (χ1v) is 7.36. The molecule has 0 aromatic carbocycles. The number of aromatic nitrogens is 2. The monoisotopic (exact) mass is 350 g/mol. The minimum Gasteiger partial charge on any atom is -0.383 e. The zero-order chi connectivity index (χ0) is 14.8. The molecule has 112 valence electrons. The van der Waals surface area contributed by atoms with Crippen molar-refractivity contribution in [1.29, 1.82) is 0 Å². The van der Waals surface area contributed by atoms with Crippen LogP contribution in [0.15, 0.2) is 10.7 Å². The Labute approximate surface area is 124 Å². The minimum atomic E-state index is -2.62. The van der Waals surface area contributed by atoms with E-state index in [1.165, 1.54) is 0 Å². The van der Waals surface area contributed by atoms with Crippen molar-refractivity contribution in [2.24, 2.45) is 5.92 Å². The summed E-state index contributed by atoms with van der Waals surface area (Å²) in [6, 6.07) is 0. The summed E-state index contributed by atoms with van der Waals surface area (Å²) in [4.78, 5) is 12.5. The van der Waals surface area contributed by atoms with E-state index in [0.29, 0.717) is 23.3 Å². The number of nitrogens with zero attached hydrogens (tertiary/aromatic N) is 2. The molecular formula is C13H17BrF2N2O2. The van der Waals surface area contributed by atoms with Crippen molar-refractivity contribution >= 4 is 21.7 Å². The van der Waals surface area contributed by atoms with E-state index in [9.17, 15) is 13.6 Å². The maximum Gasteiger partial charge on any atom is 0.248 e.